The molecule has 0 bridgehead atoms. The van der Waals surface area contributed by atoms with Crippen molar-refractivity contribution < 1.29 is 4.79 Å². The molecule has 0 N–H and O–H groups in total. The summed E-state index contributed by atoms with van der Waals surface area (Å²) in [5.41, 5.74) is 0.719. The Morgan fingerprint density at radius 3 is 2.86 bits per heavy atom. The Morgan fingerprint density at radius 1 is 1.50 bits per heavy atom. The Bertz CT molecular complexity index is 312. The van der Waals surface area contributed by atoms with Crippen LogP contribution in [-0.4, -0.2) is 12.0 Å². The molecule has 76 valence electrons. The summed E-state index contributed by atoms with van der Waals surface area (Å²) in [5.74, 6) is 1.13. The minimum atomic E-state index is 0.719. The van der Waals surface area contributed by atoms with Gasteiger partial charge in [0.2, 0.25) is 0 Å². The van der Waals surface area contributed by atoms with Crippen LogP contribution in [0, 0.1) is 0 Å². The third-order valence-electron chi connectivity index (χ3n) is 1.85. The lowest BCUT2D eigenvalue weighted by Gasteiger charge is -2.03. The quantitative estimate of drug-likeness (QED) is 0.455. The van der Waals surface area contributed by atoms with Gasteiger partial charge in [-0.1, -0.05) is 19.4 Å². The maximum Gasteiger partial charge on any atom is 0.150 e. The molecule has 14 heavy (non-hydrogen) atoms. The minimum Gasteiger partial charge on any atom is -0.298 e. The minimum absolute atomic E-state index is 0.719. The lowest BCUT2D eigenvalue weighted by Crippen LogP contribution is -1.83. The summed E-state index contributed by atoms with van der Waals surface area (Å²) >= 11 is 5.29. The first kappa shape index (κ1) is 11.8. The first-order valence-electron chi connectivity index (χ1n) is 4.65. The van der Waals surface area contributed by atoms with Crippen molar-refractivity contribution >= 4 is 34.0 Å². The highest BCUT2D eigenvalue weighted by atomic mass is 79.9. The molecule has 0 fully saturated rings. The van der Waals surface area contributed by atoms with Gasteiger partial charge in [-0.3, -0.25) is 4.79 Å². The van der Waals surface area contributed by atoms with Crippen LogP contribution in [0.25, 0.3) is 0 Å². The topological polar surface area (TPSA) is 17.1 Å². The number of halogens is 1. The van der Waals surface area contributed by atoms with E-state index in [4.69, 9.17) is 0 Å². The van der Waals surface area contributed by atoms with Crippen LogP contribution < -0.4 is 0 Å². The zero-order valence-corrected chi connectivity index (χ0v) is 10.5. The predicted molar refractivity (Wildman–Crippen MR) is 65.2 cm³/mol. The molecule has 0 amide bonds. The molecular weight excluding hydrogens is 260 g/mol. The van der Waals surface area contributed by atoms with E-state index in [2.05, 4.69) is 22.9 Å². The maximum atomic E-state index is 10.5. The standard InChI is InChI=1S/C11H13BrOS/c1-2-3-6-14-11-5-4-9(8-13)7-10(11)12/h4-5,7-8H,2-3,6H2,1H3. The number of hydrogen-bond donors (Lipinski definition) is 0. The molecule has 0 saturated carbocycles. The first-order valence-corrected chi connectivity index (χ1v) is 6.43. The first-order chi connectivity index (χ1) is 6.77. The van der Waals surface area contributed by atoms with E-state index < -0.39 is 0 Å². The van der Waals surface area contributed by atoms with Crippen LogP contribution in [0.2, 0.25) is 0 Å². The molecule has 0 heterocycles. The van der Waals surface area contributed by atoms with Crippen molar-refractivity contribution in [3.8, 4) is 0 Å². The van der Waals surface area contributed by atoms with Gasteiger partial charge in [-0.2, -0.15) is 0 Å². The van der Waals surface area contributed by atoms with Crippen molar-refractivity contribution in [2.75, 3.05) is 5.75 Å². The van der Waals surface area contributed by atoms with Crippen molar-refractivity contribution in [2.24, 2.45) is 0 Å². The number of aldehydes is 1. The summed E-state index contributed by atoms with van der Waals surface area (Å²) in [4.78, 5) is 11.7. The van der Waals surface area contributed by atoms with E-state index in [0.717, 1.165) is 22.1 Å². The Morgan fingerprint density at radius 2 is 2.29 bits per heavy atom. The SMILES string of the molecule is CCCCSc1ccc(C=O)cc1Br. The van der Waals surface area contributed by atoms with Gasteiger partial charge in [0.05, 0.1) is 0 Å². The lowest BCUT2D eigenvalue weighted by atomic mass is 10.2. The van der Waals surface area contributed by atoms with Crippen LogP contribution in [0.3, 0.4) is 0 Å². The maximum absolute atomic E-state index is 10.5. The smallest absolute Gasteiger partial charge is 0.150 e. The summed E-state index contributed by atoms with van der Waals surface area (Å²) < 4.78 is 1.02. The largest absolute Gasteiger partial charge is 0.298 e. The number of rotatable bonds is 5. The zero-order valence-electron chi connectivity index (χ0n) is 8.13. The van der Waals surface area contributed by atoms with E-state index in [1.54, 1.807) is 0 Å². The average molecular weight is 273 g/mol. The summed E-state index contributed by atoms with van der Waals surface area (Å²) in [5, 5.41) is 0. The van der Waals surface area contributed by atoms with Gasteiger partial charge in [-0.15, -0.1) is 11.8 Å². The fraction of sp³-hybridized carbons (Fsp3) is 0.364. The van der Waals surface area contributed by atoms with Crippen LogP contribution in [0.15, 0.2) is 27.6 Å². The molecule has 0 aromatic heterocycles. The van der Waals surface area contributed by atoms with E-state index in [0.29, 0.717) is 0 Å². The van der Waals surface area contributed by atoms with Crippen molar-refractivity contribution in [3.63, 3.8) is 0 Å². The molecule has 0 atom stereocenters. The van der Waals surface area contributed by atoms with Crippen molar-refractivity contribution in [1.29, 1.82) is 0 Å². The van der Waals surface area contributed by atoms with Crippen LogP contribution >= 0.6 is 27.7 Å². The predicted octanol–water partition coefficient (Wildman–Crippen LogP) is 4.15. The molecule has 0 radical (unpaired) electrons. The van der Waals surface area contributed by atoms with Gasteiger partial charge < -0.3 is 0 Å². The second-order valence-corrected chi connectivity index (χ2v) is 5.00. The van der Waals surface area contributed by atoms with Gasteiger partial charge in [-0.05, 0) is 40.2 Å². The monoisotopic (exact) mass is 272 g/mol. The van der Waals surface area contributed by atoms with Gasteiger partial charge in [0.15, 0.2) is 0 Å². The van der Waals surface area contributed by atoms with Gasteiger partial charge in [-0.25, -0.2) is 0 Å². The molecular formula is C11H13BrOS. The molecule has 0 saturated heterocycles. The molecule has 0 unspecified atom stereocenters. The zero-order chi connectivity index (χ0) is 10.4. The van der Waals surface area contributed by atoms with Gasteiger partial charge >= 0.3 is 0 Å². The van der Waals surface area contributed by atoms with Crippen LogP contribution in [0.5, 0.6) is 0 Å². The van der Waals surface area contributed by atoms with E-state index in [1.807, 2.05) is 30.0 Å². The Kier molecular flexibility index (Phi) is 5.26. The Balaban J connectivity index is 2.64. The van der Waals surface area contributed by atoms with Crippen molar-refractivity contribution in [2.45, 2.75) is 24.7 Å². The molecule has 0 aliphatic rings. The highest BCUT2D eigenvalue weighted by Crippen LogP contribution is 2.28. The number of carbonyl (C=O) groups is 1. The van der Waals surface area contributed by atoms with E-state index in [1.165, 1.54) is 17.7 Å². The average Bonchev–Trinajstić information content (AvgIpc) is 2.20. The second kappa shape index (κ2) is 6.25. The molecule has 1 rings (SSSR count). The summed E-state index contributed by atoms with van der Waals surface area (Å²) in [7, 11) is 0. The van der Waals surface area contributed by atoms with Crippen molar-refractivity contribution in [3.05, 3.63) is 28.2 Å². The highest BCUT2D eigenvalue weighted by Gasteiger charge is 2.01. The van der Waals surface area contributed by atoms with E-state index >= 15 is 0 Å². The van der Waals surface area contributed by atoms with Crippen LogP contribution in [0.1, 0.15) is 30.1 Å². The molecule has 3 heteroatoms. The van der Waals surface area contributed by atoms with Gasteiger partial charge in [0.1, 0.15) is 6.29 Å². The number of hydrogen-bond acceptors (Lipinski definition) is 2. The van der Waals surface area contributed by atoms with Gasteiger partial charge in [0.25, 0.3) is 0 Å². The number of carbonyl (C=O) groups excluding carboxylic acids is 1. The number of unbranched alkanes of at least 4 members (excludes halogenated alkanes) is 1. The summed E-state index contributed by atoms with van der Waals surface area (Å²) in [6.45, 7) is 2.19. The summed E-state index contributed by atoms with van der Waals surface area (Å²) in [6, 6.07) is 5.71. The summed E-state index contributed by atoms with van der Waals surface area (Å²) in [6.07, 6.45) is 3.31. The van der Waals surface area contributed by atoms with Crippen molar-refractivity contribution in [1.82, 2.24) is 0 Å². The highest BCUT2D eigenvalue weighted by molar-refractivity contribution is 9.10. The second-order valence-electron chi connectivity index (χ2n) is 3.01. The normalized spacial score (nSPS) is 10.1. The molecule has 1 nitrogen and oxygen atoms in total. The molecule has 0 spiro atoms. The fourth-order valence-corrected chi connectivity index (χ4v) is 2.79. The van der Waals surface area contributed by atoms with E-state index in [-0.39, 0.29) is 0 Å². The van der Waals surface area contributed by atoms with Crippen LogP contribution in [0.4, 0.5) is 0 Å². The Labute approximate surface area is 97.4 Å². The van der Waals surface area contributed by atoms with Crippen LogP contribution in [-0.2, 0) is 0 Å². The van der Waals surface area contributed by atoms with E-state index in [9.17, 15) is 4.79 Å². The molecule has 0 aliphatic heterocycles. The molecule has 1 aromatic rings. The van der Waals surface area contributed by atoms with Gasteiger partial charge in [0, 0.05) is 14.9 Å². The fourth-order valence-electron chi connectivity index (χ4n) is 1.03. The number of thioether (sulfide) groups is 1. The molecule has 0 aliphatic carbocycles. The Hall–Kier alpha value is -0.280. The molecule has 1 aromatic carbocycles. The lowest BCUT2D eigenvalue weighted by molar-refractivity contribution is 0.112. The third-order valence-corrected chi connectivity index (χ3v) is 3.93. The third kappa shape index (κ3) is 3.46. The number of benzene rings is 1.